The van der Waals surface area contributed by atoms with Gasteiger partial charge in [-0.1, -0.05) is 35.0 Å². The predicted molar refractivity (Wildman–Crippen MR) is 106 cm³/mol. The van der Waals surface area contributed by atoms with Gasteiger partial charge in [0.1, 0.15) is 9.88 Å². The van der Waals surface area contributed by atoms with Gasteiger partial charge in [-0.2, -0.15) is 0 Å². The summed E-state index contributed by atoms with van der Waals surface area (Å²) in [6.07, 6.45) is 1.58. The van der Waals surface area contributed by atoms with Crippen LogP contribution in [0.1, 0.15) is 25.9 Å². The van der Waals surface area contributed by atoms with E-state index in [4.69, 9.17) is 16.1 Å². The molecule has 1 saturated heterocycles. The van der Waals surface area contributed by atoms with Crippen molar-refractivity contribution in [3.8, 4) is 10.6 Å². The minimum absolute atomic E-state index is 0.0848. The summed E-state index contributed by atoms with van der Waals surface area (Å²) in [6, 6.07) is 9.03. The fraction of sp³-hybridized carbons (Fsp3) is 0.263. The molecule has 0 spiro atoms. The summed E-state index contributed by atoms with van der Waals surface area (Å²) in [4.78, 5) is 33.5. The first-order chi connectivity index (χ1) is 13.5. The molecule has 3 aromatic rings. The number of hydrogen-bond acceptors (Lipinski definition) is 6. The maximum atomic E-state index is 12.8. The second-order valence-corrected chi connectivity index (χ2v) is 7.86. The number of thiazole rings is 1. The topological polar surface area (TPSA) is 79.5 Å². The lowest BCUT2D eigenvalue weighted by molar-refractivity contribution is 0.0515. The number of piperazine rings is 1. The first-order valence-electron chi connectivity index (χ1n) is 8.75. The highest BCUT2D eigenvalue weighted by Gasteiger charge is 2.28. The molecule has 1 aromatic carbocycles. The van der Waals surface area contributed by atoms with Gasteiger partial charge in [-0.15, -0.1) is 11.3 Å². The van der Waals surface area contributed by atoms with Crippen LogP contribution in [0, 0.1) is 6.92 Å². The van der Waals surface area contributed by atoms with Gasteiger partial charge in [-0.25, -0.2) is 4.98 Å². The molecule has 3 heterocycles. The minimum Gasteiger partial charge on any atom is -0.351 e. The van der Waals surface area contributed by atoms with Gasteiger partial charge < -0.3 is 14.3 Å². The summed E-state index contributed by atoms with van der Waals surface area (Å²) in [5.74, 6) is -0.0611. The van der Waals surface area contributed by atoms with E-state index in [-0.39, 0.29) is 17.6 Å². The van der Waals surface area contributed by atoms with Crippen molar-refractivity contribution in [2.75, 3.05) is 26.2 Å². The van der Waals surface area contributed by atoms with Gasteiger partial charge in [0.25, 0.3) is 11.8 Å². The van der Waals surface area contributed by atoms with Crippen molar-refractivity contribution >= 4 is 34.8 Å². The molecule has 1 aliphatic heterocycles. The summed E-state index contributed by atoms with van der Waals surface area (Å²) < 4.78 is 5.04. The third-order valence-electron chi connectivity index (χ3n) is 4.51. The second-order valence-electron chi connectivity index (χ2n) is 6.43. The van der Waals surface area contributed by atoms with Crippen molar-refractivity contribution in [2.45, 2.75) is 6.92 Å². The van der Waals surface area contributed by atoms with E-state index in [9.17, 15) is 9.59 Å². The number of halogens is 1. The minimum atomic E-state index is -0.202. The van der Waals surface area contributed by atoms with E-state index in [1.807, 2.05) is 18.2 Å². The molecule has 0 N–H and O–H groups in total. The van der Waals surface area contributed by atoms with Crippen LogP contribution in [0.15, 0.2) is 41.1 Å². The molecule has 9 heteroatoms. The van der Waals surface area contributed by atoms with Crippen LogP contribution in [0.25, 0.3) is 10.6 Å². The number of carbonyl (C=O) groups is 2. The molecule has 28 heavy (non-hydrogen) atoms. The highest BCUT2D eigenvalue weighted by Crippen LogP contribution is 2.31. The Morgan fingerprint density at radius 2 is 1.79 bits per heavy atom. The molecule has 0 unspecified atom stereocenters. The van der Waals surface area contributed by atoms with Crippen molar-refractivity contribution < 1.29 is 14.1 Å². The maximum absolute atomic E-state index is 12.8. The first-order valence-corrected chi connectivity index (χ1v) is 9.95. The second kappa shape index (κ2) is 7.73. The molecule has 144 valence electrons. The normalized spacial score (nSPS) is 14.4. The van der Waals surface area contributed by atoms with E-state index < -0.39 is 0 Å². The molecular formula is C19H17ClN4O3S. The molecule has 0 aliphatic carbocycles. The molecule has 0 bridgehead atoms. The van der Waals surface area contributed by atoms with Crippen LogP contribution in [-0.4, -0.2) is 57.9 Å². The summed E-state index contributed by atoms with van der Waals surface area (Å²) in [5, 5.41) is 5.06. The number of benzene rings is 1. The van der Waals surface area contributed by atoms with Crippen molar-refractivity contribution in [1.82, 2.24) is 19.9 Å². The van der Waals surface area contributed by atoms with E-state index >= 15 is 0 Å². The van der Waals surface area contributed by atoms with Gasteiger partial charge in [-0.3, -0.25) is 9.59 Å². The van der Waals surface area contributed by atoms with E-state index in [1.165, 1.54) is 11.3 Å². The fourth-order valence-electron chi connectivity index (χ4n) is 3.02. The number of amides is 2. The van der Waals surface area contributed by atoms with Crippen molar-refractivity contribution in [3.05, 3.63) is 57.9 Å². The predicted octanol–water partition coefficient (Wildman–Crippen LogP) is 3.36. The quantitative estimate of drug-likeness (QED) is 0.654. The van der Waals surface area contributed by atoms with E-state index in [1.54, 1.807) is 35.1 Å². The van der Waals surface area contributed by atoms with E-state index in [0.29, 0.717) is 46.8 Å². The van der Waals surface area contributed by atoms with Crippen LogP contribution in [0.3, 0.4) is 0 Å². The zero-order chi connectivity index (χ0) is 19.7. The number of aryl methyl sites for hydroxylation is 1. The van der Waals surface area contributed by atoms with Crippen molar-refractivity contribution in [1.29, 1.82) is 0 Å². The van der Waals surface area contributed by atoms with E-state index in [0.717, 1.165) is 5.56 Å². The lowest BCUT2D eigenvalue weighted by atomic mass is 10.2. The highest BCUT2D eigenvalue weighted by atomic mass is 35.5. The number of nitrogens with zero attached hydrogens (tertiary/aromatic N) is 4. The SMILES string of the molecule is Cc1cc(C(=O)N2CCN(C(=O)c3cnc(-c4ccccc4Cl)s3)CC2)on1. The van der Waals surface area contributed by atoms with Gasteiger partial charge in [-0.05, 0) is 13.0 Å². The third-order valence-corrected chi connectivity index (χ3v) is 5.86. The van der Waals surface area contributed by atoms with Crippen LogP contribution in [-0.2, 0) is 0 Å². The monoisotopic (exact) mass is 416 g/mol. The lowest BCUT2D eigenvalue weighted by Crippen LogP contribution is -2.50. The number of hydrogen-bond donors (Lipinski definition) is 0. The molecular weight excluding hydrogens is 400 g/mol. The number of aromatic nitrogens is 2. The summed E-state index contributed by atoms with van der Waals surface area (Å²) in [5.41, 5.74) is 1.47. The molecule has 1 fully saturated rings. The zero-order valence-electron chi connectivity index (χ0n) is 15.1. The van der Waals surface area contributed by atoms with E-state index in [2.05, 4.69) is 10.1 Å². The van der Waals surface area contributed by atoms with Gasteiger partial charge >= 0.3 is 0 Å². The Kier molecular flexibility index (Phi) is 5.15. The summed E-state index contributed by atoms with van der Waals surface area (Å²) in [6.45, 7) is 3.57. The highest BCUT2D eigenvalue weighted by molar-refractivity contribution is 7.17. The van der Waals surface area contributed by atoms with Crippen LogP contribution < -0.4 is 0 Å². The smallest absolute Gasteiger partial charge is 0.292 e. The van der Waals surface area contributed by atoms with Gasteiger partial charge in [0, 0.05) is 37.8 Å². The first kappa shape index (κ1) is 18.6. The zero-order valence-corrected chi connectivity index (χ0v) is 16.7. The van der Waals surface area contributed by atoms with Crippen LogP contribution in [0.4, 0.5) is 0 Å². The van der Waals surface area contributed by atoms with Crippen molar-refractivity contribution in [2.24, 2.45) is 0 Å². The Bertz CT molecular complexity index is 1020. The fourth-order valence-corrected chi connectivity index (χ4v) is 4.23. The van der Waals surface area contributed by atoms with Crippen molar-refractivity contribution in [3.63, 3.8) is 0 Å². The molecule has 1 aliphatic rings. The molecule has 7 nitrogen and oxygen atoms in total. The molecule has 4 rings (SSSR count). The van der Waals surface area contributed by atoms with Gasteiger partial charge in [0.2, 0.25) is 5.76 Å². The summed E-state index contributed by atoms with van der Waals surface area (Å²) >= 11 is 7.53. The molecule has 2 aromatic heterocycles. The molecule has 0 saturated carbocycles. The lowest BCUT2D eigenvalue weighted by Gasteiger charge is -2.33. The molecule has 0 atom stereocenters. The average Bonchev–Trinajstić information content (AvgIpc) is 3.37. The Morgan fingerprint density at radius 3 is 2.43 bits per heavy atom. The largest absolute Gasteiger partial charge is 0.351 e. The third kappa shape index (κ3) is 3.65. The standard InChI is InChI=1S/C19H17ClN4O3S/c1-12-10-15(27-22-12)18(25)23-6-8-24(9-7-23)19(26)16-11-21-17(28-16)13-4-2-3-5-14(13)20/h2-5,10-11H,6-9H2,1H3. The average molecular weight is 417 g/mol. The number of carbonyl (C=O) groups excluding carboxylic acids is 2. The Balaban J connectivity index is 1.41. The molecule has 2 amide bonds. The Morgan fingerprint density at radius 1 is 1.11 bits per heavy atom. The summed E-state index contributed by atoms with van der Waals surface area (Å²) in [7, 11) is 0. The Labute approximate surface area is 170 Å². The van der Waals surface area contributed by atoms with Crippen LogP contribution in [0.2, 0.25) is 5.02 Å². The van der Waals surface area contributed by atoms with Crippen LogP contribution in [0.5, 0.6) is 0 Å². The maximum Gasteiger partial charge on any atom is 0.292 e. The van der Waals surface area contributed by atoms with Gasteiger partial charge in [0.05, 0.1) is 16.9 Å². The van der Waals surface area contributed by atoms with Gasteiger partial charge in [0.15, 0.2) is 0 Å². The molecule has 0 radical (unpaired) electrons. The van der Waals surface area contributed by atoms with Crippen LogP contribution >= 0.6 is 22.9 Å². The number of rotatable bonds is 3. The Hall–Kier alpha value is -2.71.